The van der Waals surface area contributed by atoms with Crippen LogP contribution in [0.4, 0.5) is 4.79 Å². The standard InChI is InChI=1S/C54H106N2O8Si2/c1-16-18-20-22-24-26-34-43-60-49(57)39-32-28-30-37-47(63-65(12,13)53(6,7)8)45-56(42-36-41-55-51(59)62-52(3,4)5)46-48(64-66(14,15)54(9,10)11)38-31-29-33-40-50(58)61-44-35-27-25-23-21-19-17-2/h26-27,34-35,47-48H,16-25,28-33,36-46H2,1-15H3,(H,55,59)/b34-26-,35-27-. The van der Waals surface area contributed by atoms with Crippen LogP contribution in [0.25, 0.3) is 0 Å². The predicted molar refractivity (Wildman–Crippen MR) is 283 cm³/mol. The lowest BCUT2D eigenvalue weighted by Crippen LogP contribution is -2.50. The van der Waals surface area contributed by atoms with Crippen LogP contribution < -0.4 is 5.32 Å². The van der Waals surface area contributed by atoms with Crippen molar-refractivity contribution in [3.63, 3.8) is 0 Å². The van der Waals surface area contributed by atoms with Crippen molar-refractivity contribution in [2.75, 3.05) is 39.4 Å². The number of alkyl carbamates (subject to hydrolysis) is 1. The number of carbonyl (C=O) groups is 3. The molecule has 0 aromatic rings. The van der Waals surface area contributed by atoms with Crippen LogP contribution in [-0.4, -0.2) is 96.8 Å². The van der Waals surface area contributed by atoms with Gasteiger partial charge >= 0.3 is 18.0 Å². The first kappa shape index (κ1) is 64.0. The van der Waals surface area contributed by atoms with Crippen LogP contribution in [0.1, 0.15) is 211 Å². The molecule has 388 valence electrons. The number of unbranched alkanes of at least 4 members (excludes halogenated alkanes) is 12. The van der Waals surface area contributed by atoms with Crippen molar-refractivity contribution in [1.82, 2.24) is 10.2 Å². The Morgan fingerprint density at radius 2 is 0.955 bits per heavy atom. The Kier molecular flexibility index (Phi) is 34.1. The zero-order chi connectivity index (χ0) is 50.1. The molecule has 1 amide bonds. The molecule has 0 aliphatic carbocycles. The van der Waals surface area contributed by atoms with Gasteiger partial charge in [-0.05, 0) is 115 Å². The Labute approximate surface area is 409 Å². The first-order valence-corrected chi connectivity index (χ1v) is 32.3. The Bertz CT molecular complexity index is 1250. The normalized spacial score (nSPS) is 14.0. The smallest absolute Gasteiger partial charge is 0.407 e. The molecule has 0 radical (unpaired) electrons. The molecule has 0 rings (SSSR count). The molecule has 12 heteroatoms. The number of esters is 2. The lowest BCUT2D eigenvalue weighted by atomic mass is 10.1. The van der Waals surface area contributed by atoms with Crippen LogP contribution in [0.15, 0.2) is 24.3 Å². The summed E-state index contributed by atoms with van der Waals surface area (Å²) in [5.74, 6) is -0.260. The lowest BCUT2D eigenvalue weighted by molar-refractivity contribution is -0.143. The van der Waals surface area contributed by atoms with Gasteiger partial charge in [-0.2, -0.15) is 0 Å². The fourth-order valence-corrected chi connectivity index (χ4v) is 9.77. The summed E-state index contributed by atoms with van der Waals surface area (Å²) in [6, 6.07) is 0. The second kappa shape index (κ2) is 35.2. The minimum atomic E-state index is -2.14. The second-order valence-electron chi connectivity index (χ2n) is 22.7. The molecule has 0 saturated carbocycles. The third-order valence-electron chi connectivity index (χ3n) is 13.1. The third-order valence-corrected chi connectivity index (χ3v) is 22.1. The molecule has 1 N–H and O–H groups in total. The summed E-state index contributed by atoms with van der Waals surface area (Å²) in [6.45, 7) is 36.6. The average molecular weight is 968 g/mol. The van der Waals surface area contributed by atoms with E-state index in [1.165, 1.54) is 51.4 Å². The van der Waals surface area contributed by atoms with Gasteiger partial charge in [0.05, 0.1) is 12.2 Å². The number of amides is 1. The molecule has 0 saturated heterocycles. The van der Waals surface area contributed by atoms with E-state index in [0.29, 0.717) is 32.6 Å². The second-order valence-corrected chi connectivity index (χ2v) is 32.3. The van der Waals surface area contributed by atoms with Crippen LogP contribution >= 0.6 is 0 Å². The van der Waals surface area contributed by atoms with E-state index in [4.69, 9.17) is 23.1 Å². The highest BCUT2D eigenvalue weighted by Gasteiger charge is 2.41. The Morgan fingerprint density at radius 3 is 1.33 bits per heavy atom. The zero-order valence-corrected chi connectivity index (χ0v) is 47.8. The molecule has 0 aliphatic rings. The van der Waals surface area contributed by atoms with Crippen molar-refractivity contribution in [3.8, 4) is 0 Å². The van der Waals surface area contributed by atoms with Crippen LogP contribution in [-0.2, 0) is 32.7 Å². The number of nitrogens with one attached hydrogen (secondary N) is 1. The van der Waals surface area contributed by atoms with E-state index in [9.17, 15) is 14.4 Å². The third kappa shape index (κ3) is 34.3. The van der Waals surface area contributed by atoms with Crippen molar-refractivity contribution in [1.29, 1.82) is 0 Å². The summed E-state index contributed by atoms with van der Waals surface area (Å²) in [6.07, 6.45) is 28.6. The molecule has 0 aromatic heterocycles. The van der Waals surface area contributed by atoms with E-state index in [2.05, 4.69) is 104 Å². The number of ether oxygens (including phenoxy) is 3. The van der Waals surface area contributed by atoms with Crippen molar-refractivity contribution in [2.45, 2.75) is 265 Å². The summed E-state index contributed by atoms with van der Waals surface area (Å²) in [4.78, 5) is 40.2. The molecule has 0 spiro atoms. The summed E-state index contributed by atoms with van der Waals surface area (Å²) >= 11 is 0. The van der Waals surface area contributed by atoms with Gasteiger partial charge in [-0.3, -0.25) is 14.5 Å². The van der Waals surface area contributed by atoms with Crippen LogP contribution in [0, 0.1) is 0 Å². The maximum atomic E-state index is 12.6. The van der Waals surface area contributed by atoms with E-state index >= 15 is 0 Å². The minimum Gasteiger partial charge on any atom is -0.461 e. The van der Waals surface area contributed by atoms with Crippen LogP contribution in [0.5, 0.6) is 0 Å². The van der Waals surface area contributed by atoms with E-state index < -0.39 is 28.3 Å². The number of rotatable bonds is 38. The van der Waals surface area contributed by atoms with Crippen molar-refractivity contribution >= 4 is 34.7 Å². The Hall–Kier alpha value is -2.00. The molecule has 10 nitrogen and oxygen atoms in total. The van der Waals surface area contributed by atoms with Crippen LogP contribution in [0.2, 0.25) is 36.3 Å². The van der Waals surface area contributed by atoms with Gasteiger partial charge in [-0.25, -0.2) is 4.79 Å². The number of carbonyl (C=O) groups excluding carboxylic acids is 3. The van der Waals surface area contributed by atoms with E-state index in [1.807, 2.05) is 32.9 Å². The summed E-state index contributed by atoms with van der Waals surface area (Å²) in [7, 11) is -4.28. The maximum Gasteiger partial charge on any atom is 0.407 e. The number of nitrogens with zero attached hydrogens (tertiary/aromatic N) is 1. The summed E-state index contributed by atoms with van der Waals surface area (Å²) < 4.78 is 31.0. The zero-order valence-electron chi connectivity index (χ0n) is 45.8. The van der Waals surface area contributed by atoms with Gasteiger partial charge in [-0.1, -0.05) is 144 Å². The maximum absolute atomic E-state index is 12.6. The molecule has 2 unspecified atom stereocenters. The highest BCUT2D eigenvalue weighted by Crippen LogP contribution is 2.39. The molecule has 0 heterocycles. The van der Waals surface area contributed by atoms with Crippen LogP contribution in [0.3, 0.4) is 0 Å². The van der Waals surface area contributed by atoms with Crippen molar-refractivity contribution in [2.24, 2.45) is 0 Å². The minimum absolute atomic E-state index is 0.00885. The summed E-state index contributed by atoms with van der Waals surface area (Å²) in [5, 5.41) is 3.06. The van der Waals surface area contributed by atoms with Gasteiger partial charge in [0.2, 0.25) is 0 Å². The first-order valence-electron chi connectivity index (χ1n) is 26.5. The monoisotopic (exact) mass is 967 g/mol. The van der Waals surface area contributed by atoms with Gasteiger partial charge < -0.3 is 28.4 Å². The molecule has 0 aromatic carbocycles. The Balaban J connectivity index is 5.95. The highest BCUT2D eigenvalue weighted by atomic mass is 28.4. The fourth-order valence-electron chi connectivity index (χ4n) is 7.01. The first-order chi connectivity index (χ1) is 30.8. The molecule has 0 aliphatic heterocycles. The summed E-state index contributed by atoms with van der Waals surface area (Å²) in [5.41, 5.74) is -0.561. The topological polar surface area (TPSA) is 113 Å². The average Bonchev–Trinajstić information content (AvgIpc) is 3.19. The molecule has 0 bridgehead atoms. The predicted octanol–water partition coefficient (Wildman–Crippen LogP) is 15.0. The quantitative estimate of drug-likeness (QED) is 0.0212. The van der Waals surface area contributed by atoms with Gasteiger partial charge in [0.15, 0.2) is 16.6 Å². The number of hydrogen-bond donors (Lipinski definition) is 1. The van der Waals surface area contributed by atoms with Crippen molar-refractivity contribution in [3.05, 3.63) is 24.3 Å². The Morgan fingerprint density at radius 1 is 0.545 bits per heavy atom. The van der Waals surface area contributed by atoms with E-state index in [-0.39, 0.29) is 34.2 Å². The molecule has 66 heavy (non-hydrogen) atoms. The SMILES string of the molecule is CCCCCC/C=C\COC(=O)CCCCCC(CN(CCCNC(=O)OC(C)(C)C)CC(CCCCCC(=O)OC/C=C\CCCCCC)O[Si](C)(C)C(C)(C)C)O[Si](C)(C)C(C)(C)C. The molecule has 2 atom stereocenters. The number of hydrogen-bond acceptors (Lipinski definition) is 9. The van der Waals surface area contributed by atoms with Gasteiger partial charge in [0.25, 0.3) is 0 Å². The van der Waals surface area contributed by atoms with Gasteiger partial charge in [0, 0.05) is 39.0 Å². The largest absolute Gasteiger partial charge is 0.461 e. The molecular weight excluding hydrogens is 861 g/mol. The van der Waals surface area contributed by atoms with E-state index in [1.54, 1.807) is 0 Å². The highest BCUT2D eigenvalue weighted by molar-refractivity contribution is 6.74. The fraction of sp³-hybridized carbons (Fsp3) is 0.870. The molecular formula is C54H106N2O8Si2. The van der Waals surface area contributed by atoms with E-state index in [0.717, 1.165) is 90.3 Å². The lowest BCUT2D eigenvalue weighted by Gasteiger charge is -2.42. The molecule has 0 fully saturated rings. The van der Waals surface area contributed by atoms with Gasteiger partial charge in [0.1, 0.15) is 18.8 Å². The van der Waals surface area contributed by atoms with Gasteiger partial charge in [-0.15, -0.1) is 0 Å². The number of allylic oxidation sites excluding steroid dienone is 2. The van der Waals surface area contributed by atoms with Crippen molar-refractivity contribution < 1.29 is 37.4 Å².